The highest BCUT2D eigenvalue weighted by atomic mass is 79.9. The minimum Gasteiger partial charge on any atom is -0.319 e. The number of halogens is 1. The van der Waals surface area contributed by atoms with Gasteiger partial charge in [0, 0.05) is 10.4 Å². The van der Waals surface area contributed by atoms with Gasteiger partial charge in [-0.15, -0.1) is 15.3 Å². The van der Waals surface area contributed by atoms with Crippen LogP contribution in [0.2, 0.25) is 0 Å². The summed E-state index contributed by atoms with van der Waals surface area (Å²) in [7, 11) is 0. The number of anilines is 1. The molecule has 1 aromatic carbocycles. The number of nitrogens with one attached hydrogen (secondary N) is 1. The zero-order valence-corrected chi connectivity index (χ0v) is 13.8. The van der Waals surface area contributed by atoms with Crippen molar-refractivity contribution >= 4 is 43.8 Å². The molecule has 0 spiro atoms. The Morgan fingerprint density at radius 3 is 2.81 bits per heavy atom. The van der Waals surface area contributed by atoms with E-state index in [9.17, 15) is 4.79 Å². The molecular weight excluding hydrogens is 354 g/mol. The van der Waals surface area contributed by atoms with Gasteiger partial charge in [-0.25, -0.2) is 0 Å². The lowest BCUT2D eigenvalue weighted by atomic mass is 10.2. The Balaban J connectivity index is 1.90. The lowest BCUT2D eigenvalue weighted by Crippen LogP contribution is -2.12. The maximum Gasteiger partial charge on any atom is 0.286 e. The molecule has 0 aliphatic heterocycles. The Hall–Kier alpha value is -1.80. The summed E-state index contributed by atoms with van der Waals surface area (Å²) >= 11 is 4.62. The van der Waals surface area contributed by atoms with Crippen molar-refractivity contribution in [2.45, 2.75) is 19.8 Å². The maximum absolute atomic E-state index is 12.3. The van der Waals surface area contributed by atoms with Gasteiger partial charge < -0.3 is 5.32 Å². The molecule has 8 heteroatoms. The van der Waals surface area contributed by atoms with E-state index in [0.717, 1.165) is 10.3 Å². The Labute approximate surface area is 133 Å². The van der Waals surface area contributed by atoms with E-state index in [-0.39, 0.29) is 11.8 Å². The number of fused-ring (bicyclic) bond motifs is 1. The number of nitrogens with zero attached hydrogens (tertiary/aromatic N) is 4. The summed E-state index contributed by atoms with van der Waals surface area (Å²) in [5.74, 6) is 0.689. The third kappa shape index (κ3) is 2.68. The molecule has 3 aromatic rings. The predicted molar refractivity (Wildman–Crippen MR) is 84.8 cm³/mol. The molecule has 6 nitrogen and oxygen atoms in total. The van der Waals surface area contributed by atoms with Crippen molar-refractivity contribution < 1.29 is 4.79 Å². The molecule has 0 fully saturated rings. The summed E-state index contributed by atoms with van der Waals surface area (Å²) in [5.41, 5.74) is 0.706. The van der Waals surface area contributed by atoms with E-state index in [0.29, 0.717) is 15.7 Å². The Bertz CT molecular complexity index is 810. The Morgan fingerprint density at radius 1 is 1.33 bits per heavy atom. The van der Waals surface area contributed by atoms with Gasteiger partial charge in [-0.1, -0.05) is 37.3 Å². The molecule has 0 saturated heterocycles. The highest BCUT2D eigenvalue weighted by Crippen LogP contribution is 2.23. The van der Waals surface area contributed by atoms with E-state index in [2.05, 4.69) is 36.5 Å². The van der Waals surface area contributed by atoms with Crippen LogP contribution in [0.4, 0.5) is 5.69 Å². The zero-order chi connectivity index (χ0) is 15.0. The van der Waals surface area contributed by atoms with Crippen LogP contribution in [0.3, 0.4) is 0 Å². The highest BCUT2D eigenvalue weighted by Gasteiger charge is 2.18. The summed E-state index contributed by atoms with van der Waals surface area (Å²) in [6.45, 7) is 4.02. The minimum absolute atomic E-state index is 0.196. The first-order valence-corrected chi connectivity index (χ1v) is 7.95. The van der Waals surface area contributed by atoms with E-state index in [1.54, 1.807) is 4.52 Å². The molecule has 21 heavy (non-hydrogen) atoms. The van der Waals surface area contributed by atoms with Gasteiger partial charge in [-0.2, -0.15) is 4.52 Å². The average Bonchev–Trinajstić information content (AvgIpc) is 3.00. The van der Waals surface area contributed by atoms with Crippen molar-refractivity contribution in [2.24, 2.45) is 0 Å². The van der Waals surface area contributed by atoms with Gasteiger partial charge in [0.2, 0.25) is 9.97 Å². The lowest BCUT2D eigenvalue weighted by molar-refractivity contribution is 0.102. The molecule has 108 valence electrons. The second-order valence-corrected chi connectivity index (χ2v) is 6.56. The van der Waals surface area contributed by atoms with Crippen LogP contribution in [0, 0.1) is 0 Å². The molecule has 0 aliphatic carbocycles. The number of benzene rings is 1. The molecule has 0 radical (unpaired) electrons. The average molecular weight is 366 g/mol. The number of amides is 1. The van der Waals surface area contributed by atoms with Crippen molar-refractivity contribution in [3.05, 3.63) is 39.6 Å². The zero-order valence-electron chi connectivity index (χ0n) is 11.4. The Kier molecular flexibility index (Phi) is 3.73. The van der Waals surface area contributed by atoms with Gasteiger partial charge in [0.15, 0.2) is 5.82 Å². The van der Waals surface area contributed by atoms with E-state index < -0.39 is 0 Å². The fourth-order valence-corrected chi connectivity index (χ4v) is 2.95. The van der Waals surface area contributed by atoms with Crippen molar-refractivity contribution in [3.8, 4) is 0 Å². The molecule has 2 heterocycles. The number of hydrogen-bond donors (Lipinski definition) is 1. The molecule has 1 N–H and O–H groups in total. The molecule has 0 saturated carbocycles. The van der Waals surface area contributed by atoms with Crippen molar-refractivity contribution in [1.82, 2.24) is 19.8 Å². The number of rotatable bonds is 3. The van der Waals surface area contributed by atoms with Gasteiger partial charge in [0.1, 0.15) is 0 Å². The van der Waals surface area contributed by atoms with Crippen LogP contribution in [0.1, 0.15) is 35.4 Å². The molecule has 3 rings (SSSR count). The largest absolute Gasteiger partial charge is 0.319 e. The van der Waals surface area contributed by atoms with Crippen LogP contribution in [-0.2, 0) is 0 Å². The van der Waals surface area contributed by atoms with Gasteiger partial charge >= 0.3 is 0 Å². The topological polar surface area (TPSA) is 72.2 Å². The maximum atomic E-state index is 12.3. The standard InChI is InChI=1S/C13H12BrN5OS/c1-7(2)10-16-17-13-19(10)18-12(21-13)11(20)15-9-6-4-3-5-8(9)14/h3-7H,1-2H3,(H,15,20). The smallest absolute Gasteiger partial charge is 0.286 e. The lowest BCUT2D eigenvalue weighted by Gasteiger charge is -2.04. The van der Waals surface area contributed by atoms with Gasteiger partial charge in [-0.3, -0.25) is 4.79 Å². The molecule has 2 aromatic heterocycles. The van der Waals surface area contributed by atoms with Crippen LogP contribution < -0.4 is 5.32 Å². The summed E-state index contributed by atoms with van der Waals surface area (Å²) in [4.78, 5) is 12.9. The summed E-state index contributed by atoms with van der Waals surface area (Å²) in [6.07, 6.45) is 0. The quantitative estimate of drug-likeness (QED) is 0.772. The van der Waals surface area contributed by atoms with E-state index in [4.69, 9.17) is 0 Å². The van der Waals surface area contributed by atoms with E-state index in [1.807, 2.05) is 38.1 Å². The van der Waals surface area contributed by atoms with Crippen LogP contribution >= 0.6 is 27.3 Å². The third-order valence-electron chi connectivity index (χ3n) is 2.85. The SMILES string of the molecule is CC(C)c1nnc2sc(C(=O)Nc3ccccc3Br)nn12. The number of carbonyl (C=O) groups is 1. The van der Waals surface area contributed by atoms with Crippen molar-refractivity contribution in [2.75, 3.05) is 5.32 Å². The molecule has 0 aliphatic rings. The van der Waals surface area contributed by atoms with Gasteiger partial charge in [0.05, 0.1) is 5.69 Å². The molecule has 0 atom stereocenters. The second-order valence-electron chi connectivity index (χ2n) is 4.75. The molecule has 0 unspecified atom stereocenters. The van der Waals surface area contributed by atoms with Crippen molar-refractivity contribution in [3.63, 3.8) is 0 Å². The first-order chi connectivity index (χ1) is 10.1. The first-order valence-electron chi connectivity index (χ1n) is 6.34. The first kappa shape index (κ1) is 14.2. The number of hydrogen-bond acceptors (Lipinski definition) is 5. The Morgan fingerprint density at radius 2 is 2.10 bits per heavy atom. The number of para-hydroxylation sites is 1. The fourth-order valence-electron chi connectivity index (χ4n) is 1.82. The second kappa shape index (κ2) is 5.53. The summed E-state index contributed by atoms with van der Waals surface area (Å²) < 4.78 is 2.45. The van der Waals surface area contributed by atoms with Gasteiger partial charge in [-0.05, 0) is 28.1 Å². The highest BCUT2D eigenvalue weighted by molar-refractivity contribution is 9.10. The van der Waals surface area contributed by atoms with Gasteiger partial charge in [0.25, 0.3) is 5.91 Å². The summed E-state index contributed by atoms with van der Waals surface area (Å²) in [6, 6.07) is 7.43. The number of carbonyl (C=O) groups excluding carboxylic acids is 1. The third-order valence-corrected chi connectivity index (χ3v) is 4.44. The van der Waals surface area contributed by atoms with Crippen LogP contribution in [-0.4, -0.2) is 25.7 Å². The van der Waals surface area contributed by atoms with Crippen LogP contribution in [0.25, 0.3) is 4.96 Å². The van der Waals surface area contributed by atoms with E-state index in [1.165, 1.54) is 11.3 Å². The number of aromatic nitrogens is 4. The van der Waals surface area contributed by atoms with Crippen LogP contribution in [0.5, 0.6) is 0 Å². The van der Waals surface area contributed by atoms with Crippen LogP contribution in [0.15, 0.2) is 28.7 Å². The molecule has 0 bridgehead atoms. The monoisotopic (exact) mass is 365 g/mol. The molecular formula is C13H12BrN5OS. The normalized spacial score (nSPS) is 11.2. The molecule has 1 amide bonds. The van der Waals surface area contributed by atoms with Crippen molar-refractivity contribution in [1.29, 1.82) is 0 Å². The predicted octanol–water partition coefficient (Wildman–Crippen LogP) is 3.32. The minimum atomic E-state index is -0.257. The van der Waals surface area contributed by atoms with E-state index >= 15 is 0 Å². The summed E-state index contributed by atoms with van der Waals surface area (Å²) in [5, 5.41) is 15.6. The fraction of sp³-hybridized carbons (Fsp3) is 0.231.